The highest BCUT2D eigenvalue weighted by Gasteiger charge is 2.38. The van der Waals surface area contributed by atoms with Crippen LogP contribution >= 0.6 is 0 Å². The maximum absolute atomic E-state index is 13.8. The van der Waals surface area contributed by atoms with E-state index in [1.54, 1.807) is 0 Å². The Labute approximate surface area is 113 Å². The lowest BCUT2D eigenvalue weighted by Crippen LogP contribution is -2.06. The molecule has 0 N–H and O–H groups in total. The van der Waals surface area contributed by atoms with Crippen LogP contribution in [-0.2, 0) is 0 Å². The molecule has 0 saturated carbocycles. The molecule has 8 heteroatoms. The summed E-state index contributed by atoms with van der Waals surface area (Å²) >= 11 is 0. The van der Waals surface area contributed by atoms with Crippen LogP contribution in [0.4, 0.5) is 23.2 Å². The lowest BCUT2D eigenvalue weighted by molar-refractivity contribution is -0.384. The van der Waals surface area contributed by atoms with Crippen LogP contribution in [0.25, 0.3) is 11.1 Å². The van der Waals surface area contributed by atoms with Crippen molar-refractivity contribution in [2.24, 2.45) is 0 Å². The molecule has 21 heavy (non-hydrogen) atoms. The number of halogens is 4. The van der Waals surface area contributed by atoms with Gasteiger partial charge in [-0.2, -0.15) is 0 Å². The number of hydrogen-bond acceptors (Lipinski definition) is 3. The van der Waals surface area contributed by atoms with Crippen LogP contribution in [0.5, 0.6) is 0 Å². The van der Waals surface area contributed by atoms with Crippen molar-refractivity contribution < 1.29 is 27.3 Å². The van der Waals surface area contributed by atoms with E-state index in [2.05, 4.69) is 0 Å². The van der Waals surface area contributed by atoms with Crippen LogP contribution < -0.4 is 0 Å². The largest absolute Gasteiger partial charge is 0.288 e. The second-order valence-electron chi connectivity index (χ2n) is 4.32. The number of carbonyl (C=O) groups is 1. The van der Waals surface area contributed by atoms with Gasteiger partial charge >= 0.3 is 0 Å². The number of benzene rings is 2. The van der Waals surface area contributed by atoms with Crippen molar-refractivity contribution in [3.8, 4) is 11.1 Å². The average Bonchev–Trinajstić information content (AvgIpc) is 2.75. The number of ketones is 1. The third kappa shape index (κ3) is 1.58. The number of non-ortho nitro benzene ring substituents is 1. The summed E-state index contributed by atoms with van der Waals surface area (Å²) in [6.45, 7) is 0. The van der Waals surface area contributed by atoms with Gasteiger partial charge in [0.2, 0.25) is 0 Å². The minimum atomic E-state index is -2.10. The maximum atomic E-state index is 13.8. The van der Waals surface area contributed by atoms with Gasteiger partial charge in [0.1, 0.15) is 0 Å². The van der Waals surface area contributed by atoms with Gasteiger partial charge in [-0.25, -0.2) is 17.6 Å². The summed E-state index contributed by atoms with van der Waals surface area (Å²) in [4.78, 5) is 21.8. The maximum Gasteiger partial charge on any atom is 0.270 e. The van der Waals surface area contributed by atoms with E-state index in [9.17, 15) is 32.5 Å². The predicted molar refractivity (Wildman–Crippen MR) is 61.8 cm³/mol. The zero-order valence-electron chi connectivity index (χ0n) is 9.92. The fraction of sp³-hybridized carbons (Fsp3) is 0. The van der Waals surface area contributed by atoms with Gasteiger partial charge in [0.15, 0.2) is 29.1 Å². The van der Waals surface area contributed by atoms with E-state index in [4.69, 9.17) is 0 Å². The molecule has 0 heterocycles. The quantitative estimate of drug-likeness (QED) is 0.227. The van der Waals surface area contributed by atoms with E-state index < -0.39 is 50.8 Å². The highest BCUT2D eigenvalue weighted by atomic mass is 19.2. The van der Waals surface area contributed by atoms with E-state index >= 15 is 0 Å². The lowest BCUT2D eigenvalue weighted by atomic mass is 10.0. The molecular formula is C13H3F4NO3. The molecule has 0 amide bonds. The number of nitrogens with zero attached hydrogens (tertiary/aromatic N) is 1. The third-order valence-corrected chi connectivity index (χ3v) is 3.22. The van der Waals surface area contributed by atoms with Crippen molar-refractivity contribution in [2.75, 3.05) is 0 Å². The average molecular weight is 297 g/mol. The molecule has 0 spiro atoms. The summed E-state index contributed by atoms with van der Waals surface area (Å²) in [7, 11) is 0. The van der Waals surface area contributed by atoms with Gasteiger partial charge in [-0.1, -0.05) is 0 Å². The fourth-order valence-corrected chi connectivity index (χ4v) is 2.28. The van der Waals surface area contributed by atoms with Crippen molar-refractivity contribution >= 4 is 11.5 Å². The molecule has 0 radical (unpaired) electrons. The van der Waals surface area contributed by atoms with Gasteiger partial charge in [0, 0.05) is 23.3 Å². The molecular weight excluding hydrogens is 294 g/mol. The van der Waals surface area contributed by atoms with Gasteiger partial charge in [-0.15, -0.1) is 0 Å². The molecule has 0 saturated heterocycles. The van der Waals surface area contributed by atoms with Gasteiger partial charge < -0.3 is 0 Å². The molecule has 3 rings (SSSR count). The molecule has 2 aromatic carbocycles. The van der Waals surface area contributed by atoms with Crippen LogP contribution in [0.1, 0.15) is 15.9 Å². The van der Waals surface area contributed by atoms with Gasteiger partial charge in [-0.05, 0) is 11.6 Å². The Morgan fingerprint density at radius 1 is 0.857 bits per heavy atom. The molecule has 4 nitrogen and oxygen atoms in total. The van der Waals surface area contributed by atoms with Crippen LogP contribution in [-0.4, -0.2) is 10.7 Å². The molecule has 0 aromatic heterocycles. The second-order valence-corrected chi connectivity index (χ2v) is 4.32. The van der Waals surface area contributed by atoms with Crippen molar-refractivity contribution in [1.82, 2.24) is 0 Å². The molecule has 1 aliphatic carbocycles. The Kier molecular flexibility index (Phi) is 2.59. The minimum Gasteiger partial charge on any atom is -0.288 e. The van der Waals surface area contributed by atoms with Crippen molar-refractivity contribution in [2.45, 2.75) is 0 Å². The fourth-order valence-electron chi connectivity index (χ4n) is 2.28. The topological polar surface area (TPSA) is 60.2 Å². The molecule has 106 valence electrons. The number of hydrogen-bond donors (Lipinski definition) is 0. The van der Waals surface area contributed by atoms with Gasteiger partial charge in [0.25, 0.3) is 5.69 Å². The van der Waals surface area contributed by atoms with Crippen molar-refractivity contribution in [1.29, 1.82) is 0 Å². The zero-order valence-corrected chi connectivity index (χ0v) is 9.92. The highest BCUT2D eigenvalue weighted by Crippen LogP contribution is 2.42. The SMILES string of the molecule is O=C1c2cc([N+](=O)[O-])ccc2-c2c(F)c(F)c(F)c(F)c21. The summed E-state index contributed by atoms with van der Waals surface area (Å²) in [6.07, 6.45) is 0. The molecule has 2 aromatic rings. The predicted octanol–water partition coefficient (Wildman–Crippen LogP) is 3.36. The van der Waals surface area contributed by atoms with Crippen LogP contribution in [0.15, 0.2) is 18.2 Å². The van der Waals surface area contributed by atoms with E-state index in [-0.39, 0.29) is 11.1 Å². The number of nitro benzene ring substituents is 1. The Hall–Kier alpha value is -2.77. The molecule has 0 unspecified atom stereocenters. The van der Waals surface area contributed by atoms with Crippen molar-refractivity contribution in [3.63, 3.8) is 0 Å². The summed E-state index contributed by atoms with van der Waals surface area (Å²) in [5.41, 5.74) is -2.74. The minimum absolute atomic E-state index is 0.212. The van der Waals surface area contributed by atoms with E-state index in [0.717, 1.165) is 18.2 Å². The Bertz CT molecular complexity index is 848. The summed E-state index contributed by atoms with van der Waals surface area (Å²) in [6, 6.07) is 2.77. The van der Waals surface area contributed by atoms with Crippen LogP contribution in [0.2, 0.25) is 0 Å². The lowest BCUT2D eigenvalue weighted by Gasteiger charge is -2.05. The highest BCUT2D eigenvalue weighted by molar-refractivity contribution is 6.22. The summed E-state index contributed by atoms with van der Waals surface area (Å²) < 4.78 is 53.9. The second kappa shape index (κ2) is 4.11. The van der Waals surface area contributed by atoms with Crippen LogP contribution in [0.3, 0.4) is 0 Å². The van der Waals surface area contributed by atoms with E-state index in [1.807, 2.05) is 0 Å². The molecule has 0 aliphatic heterocycles. The zero-order chi connectivity index (χ0) is 15.5. The first-order valence-corrected chi connectivity index (χ1v) is 5.54. The molecule has 0 atom stereocenters. The number of fused-ring (bicyclic) bond motifs is 3. The monoisotopic (exact) mass is 297 g/mol. The number of carbonyl (C=O) groups excluding carboxylic acids is 1. The normalized spacial score (nSPS) is 12.3. The van der Waals surface area contributed by atoms with Gasteiger partial charge in [-0.3, -0.25) is 14.9 Å². The summed E-state index contributed by atoms with van der Waals surface area (Å²) in [5.74, 6) is -8.77. The smallest absolute Gasteiger partial charge is 0.270 e. The number of nitro groups is 1. The Morgan fingerprint density at radius 2 is 1.43 bits per heavy atom. The van der Waals surface area contributed by atoms with Crippen LogP contribution in [0, 0.1) is 33.4 Å². The first-order chi connectivity index (χ1) is 9.84. The Morgan fingerprint density at radius 3 is 2.00 bits per heavy atom. The van der Waals surface area contributed by atoms with E-state index in [0.29, 0.717) is 0 Å². The molecule has 0 fully saturated rings. The summed E-state index contributed by atoms with van der Waals surface area (Å²) in [5, 5.41) is 10.6. The standard InChI is InChI=1S/C13H3F4NO3/c14-9-7-5-2-1-4(18(20)21)3-6(5)13(19)8(7)10(15)12(17)11(9)16/h1-3H. The first kappa shape index (κ1) is 13.2. The first-order valence-electron chi connectivity index (χ1n) is 5.54. The van der Waals surface area contributed by atoms with E-state index in [1.165, 1.54) is 0 Å². The third-order valence-electron chi connectivity index (χ3n) is 3.22. The number of rotatable bonds is 1. The molecule has 1 aliphatic rings. The molecule has 0 bridgehead atoms. The Balaban J connectivity index is 2.39. The van der Waals surface area contributed by atoms with Crippen molar-refractivity contribution in [3.05, 3.63) is 62.7 Å². The van der Waals surface area contributed by atoms with Gasteiger partial charge in [0.05, 0.1) is 10.5 Å².